The Morgan fingerprint density at radius 3 is 2.87 bits per heavy atom. The smallest absolute Gasteiger partial charge is 0.273 e. The highest BCUT2D eigenvalue weighted by molar-refractivity contribution is 9.10. The number of non-ortho nitro benzene ring substituents is 1. The van der Waals surface area contributed by atoms with Crippen molar-refractivity contribution in [1.82, 2.24) is 0 Å². The zero-order valence-electron chi connectivity index (χ0n) is 8.01. The maximum absolute atomic E-state index is 10.5. The van der Waals surface area contributed by atoms with Gasteiger partial charge >= 0.3 is 0 Å². The van der Waals surface area contributed by atoms with Gasteiger partial charge in [0.2, 0.25) is 0 Å². The van der Waals surface area contributed by atoms with E-state index in [9.17, 15) is 10.1 Å². The molecule has 0 aliphatic heterocycles. The van der Waals surface area contributed by atoms with E-state index in [0.717, 1.165) is 0 Å². The van der Waals surface area contributed by atoms with Crippen molar-refractivity contribution in [2.24, 2.45) is 0 Å². The van der Waals surface area contributed by atoms with E-state index in [4.69, 9.17) is 9.84 Å². The Morgan fingerprint density at radius 2 is 2.33 bits per heavy atom. The Morgan fingerprint density at radius 1 is 1.67 bits per heavy atom. The molecule has 1 N–H and O–H groups in total. The minimum Gasteiger partial charge on any atom is -0.489 e. The number of aliphatic hydroxyl groups is 1. The SMILES string of the molecule is C[C@H](O)COc1cc([N+](=O)[O-])ccc1Br. The molecule has 0 spiro atoms. The Balaban J connectivity index is 2.85. The minimum atomic E-state index is -0.615. The summed E-state index contributed by atoms with van der Waals surface area (Å²) in [5.41, 5.74) is -0.0428. The first kappa shape index (κ1) is 11.9. The van der Waals surface area contributed by atoms with Gasteiger partial charge < -0.3 is 9.84 Å². The average molecular weight is 276 g/mol. The molecular weight excluding hydrogens is 266 g/mol. The predicted octanol–water partition coefficient (Wildman–Crippen LogP) is 2.12. The molecule has 0 heterocycles. The molecule has 0 radical (unpaired) electrons. The molecule has 0 aliphatic carbocycles. The van der Waals surface area contributed by atoms with Gasteiger partial charge in [0.25, 0.3) is 5.69 Å². The average Bonchev–Trinajstić information content (AvgIpc) is 2.16. The third-order valence-corrected chi connectivity index (χ3v) is 2.26. The molecule has 1 aromatic rings. The molecule has 0 bridgehead atoms. The number of ether oxygens (including phenoxy) is 1. The molecule has 5 nitrogen and oxygen atoms in total. The van der Waals surface area contributed by atoms with Gasteiger partial charge in [-0.25, -0.2) is 0 Å². The molecule has 0 saturated carbocycles. The Bertz CT molecular complexity index is 367. The first-order chi connectivity index (χ1) is 7.00. The van der Waals surface area contributed by atoms with Crippen LogP contribution >= 0.6 is 15.9 Å². The van der Waals surface area contributed by atoms with Crippen molar-refractivity contribution in [1.29, 1.82) is 0 Å². The summed E-state index contributed by atoms with van der Waals surface area (Å²) in [5.74, 6) is 0.352. The van der Waals surface area contributed by atoms with Gasteiger partial charge in [-0.05, 0) is 28.9 Å². The van der Waals surface area contributed by atoms with E-state index < -0.39 is 11.0 Å². The van der Waals surface area contributed by atoms with Gasteiger partial charge in [-0.1, -0.05) is 0 Å². The van der Waals surface area contributed by atoms with E-state index in [0.29, 0.717) is 10.2 Å². The van der Waals surface area contributed by atoms with Crippen LogP contribution < -0.4 is 4.74 Å². The molecule has 1 rings (SSSR count). The molecule has 0 aliphatic rings. The molecule has 15 heavy (non-hydrogen) atoms. The Hall–Kier alpha value is -1.14. The minimum absolute atomic E-state index is 0.0428. The summed E-state index contributed by atoms with van der Waals surface area (Å²) in [5, 5.41) is 19.5. The van der Waals surface area contributed by atoms with E-state index >= 15 is 0 Å². The Kier molecular flexibility index (Phi) is 4.05. The number of nitrogens with zero attached hydrogens (tertiary/aromatic N) is 1. The van der Waals surface area contributed by atoms with Gasteiger partial charge in [0.1, 0.15) is 12.4 Å². The highest BCUT2D eigenvalue weighted by atomic mass is 79.9. The fourth-order valence-corrected chi connectivity index (χ4v) is 1.29. The zero-order valence-corrected chi connectivity index (χ0v) is 9.60. The summed E-state index contributed by atoms with van der Waals surface area (Å²) in [6.07, 6.45) is -0.615. The van der Waals surface area contributed by atoms with Gasteiger partial charge in [-0.15, -0.1) is 0 Å². The largest absolute Gasteiger partial charge is 0.489 e. The summed E-state index contributed by atoms with van der Waals surface area (Å²) in [6.45, 7) is 1.67. The number of halogens is 1. The van der Waals surface area contributed by atoms with Crippen LogP contribution in [-0.4, -0.2) is 22.7 Å². The van der Waals surface area contributed by atoms with Crippen LogP contribution in [0.1, 0.15) is 6.92 Å². The lowest BCUT2D eigenvalue weighted by molar-refractivity contribution is -0.385. The molecule has 0 unspecified atom stereocenters. The topological polar surface area (TPSA) is 72.6 Å². The maximum atomic E-state index is 10.5. The third kappa shape index (κ3) is 3.49. The van der Waals surface area contributed by atoms with Crippen molar-refractivity contribution in [2.45, 2.75) is 13.0 Å². The van der Waals surface area contributed by atoms with Gasteiger partial charge in [0.15, 0.2) is 0 Å². The second-order valence-corrected chi connectivity index (χ2v) is 3.89. The highest BCUT2D eigenvalue weighted by Gasteiger charge is 2.10. The lowest BCUT2D eigenvalue weighted by Gasteiger charge is -2.09. The van der Waals surface area contributed by atoms with Crippen molar-refractivity contribution in [2.75, 3.05) is 6.61 Å². The van der Waals surface area contributed by atoms with Gasteiger partial charge in [-0.3, -0.25) is 10.1 Å². The zero-order chi connectivity index (χ0) is 11.4. The number of rotatable bonds is 4. The van der Waals surface area contributed by atoms with Gasteiger partial charge in [0, 0.05) is 6.07 Å². The summed E-state index contributed by atoms with van der Waals surface area (Å²) >= 11 is 3.20. The summed E-state index contributed by atoms with van der Waals surface area (Å²) in [4.78, 5) is 9.99. The summed E-state index contributed by atoms with van der Waals surface area (Å²) < 4.78 is 5.81. The molecule has 1 aromatic carbocycles. The van der Waals surface area contributed by atoms with E-state index in [1.54, 1.807) is 6.92 Å². The van der Waals surface area contributed by atoms with Gasteiger partial charge in [-0.2, -0.15) is 0 Å². The fourth-order valence-electron chi connectivity index (χ4n) is 0.927. The van der Waals surface area contributed by atoms with Crippen molar-refractivity contribution < 1.29 is 14.8 Å². The van der Waals surface area contributed by atoms with Crippen LogP contribution in [0.5, 0.6) is 5.75 Å². The lowest BCUT2D eigenvalue weighted by atomic mass is 10.3. The molecule has 1 atom stereocenters. The highest BCUT2D eigenvalue weighted by Crippen LogP contribution is 2.29. The summed E-state index contributed by atoms with van der Waals surface area (Å²) in [6, 6.07) is 4.22. The first-order valence-electron chi connectivity index (χ1n) is 4.25. The quantitative estimate of drug-likeness (QED) is 0.675. The van der Waals surface area contributed by atoms with E-state index in [-0.39, 0.29) is 12.3 Å². The van der Waals surface area contributed by atoms with Crippen molar-refractivity contribution >= 4 is 21.6 Å². The standard InChI is InChI=1S/C9H10BrNO4/c1-6(12)5-15-9-4-7(11(13)14)2-3-8(9)10/h2-4,6,12H,5H2,1H3/t6-/m0/s1. The van der Waals surface area contributed by atoms with Crippen LogP contribution in [0, 0.1) is 10.1 Å². The van der Waals surface area contributed by atoms with Gasteiger partial charge in [0.05, 0.1) is 21.6 Å². The predicted molar refractivity (Wildman–Crippen MR) is 58.0 cm³/mol. The van der Waals surface area contributed by atoms with Crippen LogP contribution in [0.25, 0.3) is 0 Å². The number of nitro benzene ring substituents is 1. The number of aliphatic hydroxyl groups excluding tert-OH is 1. The van der Waals surface area contributed by atoms with Crippen LogP contribution in [-0.2, 0) is 0 Å². The molecule has 0 aromatic heterocycles. The molecule has 0 saturated heterocycles. The van der Waals surface area contributed by atoms with Crippen LogP contribution in [0.4, 0.5) is 5.69 Å². The monoisotopic (exact) mass is 275 g/mol. The first-order valence-corrected chi connectivity index (χ1v) is 5.05. The molecular formula is C9H10BrNO4. The second-order valence-electron chi connectivity index (χ2n) is 3.03. The lowest BCUT2D eigenvalue weighted by Crippen LogP contribution is -2.13. The summed E-state index contributed by atoms with van der Waals surface area (Å²) in [7, 11) is 0. The van der Waals surface area contributed by atoms with Crippen molar-refractivity contribution in [3.05, 3.63) is 32.8 Å². The molecule has 0 fully saturated rings. The normalized spacial score (nSPS) is 12.2. The second kappa shape index (κ2) is 5.09. The van der Waals surface area contributed by atoms with Crippen molar-refractivity contribution in [3.8, 4) is 5.75 Å². The Labute approximate surface area is 95.0 Å². The number of benzene rings is 1. The van der Waals surface area contributed by atoms with E-state index in [1.165, 1.54) is 18.2 Å². The van der Waals surface area contributed by atoms with E-state index in [2.05, 4.69) is 15.9 Å². The van der Waals surface area contributed by atoms with Crippen LogP contribution in [0.3, 0.4) is 0 Å². The number of hydrogen-bond donors (Lipinski definition) is 1. The number of nitro groups is 1. The molecule has 82 valence electrons. The maximum Gasteiger partial charge on any atom is 0.273 e. The fraction of sp³-hybridized carbons (Fsp3) is 0.333. The molecule has 6 heteroatoms. The number of hydrogen-bond acceptors (Lipinski definition) is 4. The van der Waals surface area contributed by atoms with Crippen LogP contribution in [0.15, 0.2) is 22.7 Å². The molecule has 0 amide bonds. The van der Waals surface area contributed by atoms with Crippen molar-refractivity contribution in [3.63, 3.8) is 0 Å². The third-order valence-electron chi connectivity index (χ3n) is 1.61. The van der Waals surface area contributed by atoms with Crippen LogP contribution in [0.2, 0.25) is 0 Å². The van der Waals surface area contributed by atoms with E-state index in [1.807, 2.05) is 0 Å².